The molecule has 0 aromatic rings. The van der Waals surface area contributed by atoms with Gasteiger partial charge in [-0.15, -0.1) is 0 Å². The first-order chi connectivity index (χ1) is 5.77. The van der Waals surface area contributed by atoms with Gasteiger partial charge in [0.05, 0.1) is 6.10 Å². The van der Waals surface area contributed by atoms with Crippen molar-refractivity contribution in [2.45, 2.75) is 39.2 Å². The van der Waals surface area contributed by atoms with Gasteiger partial charge in [-0.1, -0.05) is 20.3 Å². The SMILES string of the molecule is CCC1CC2CC1C(C)C2OC. The van der Waals surface area contributed by atoms with Crippen LogP contribution in [0.15, 0.2) is 0 Å². The molecule has 5 atom stereocenters. The fourth-order valence-corrected chi connectivity index (χ4v) is 3.66. The van der Waals surface area contributed by atoms with Crippen LogP contribution >= 0.6 is 0 Å². The lowest BCUT2D eigenvalue weighted by Crippen LogP contribution is -2.31. The van der Waals surface area contributed by atoms with Crippen LogP contribution in [0.25, 0.3) is 0 Å². The van der Waals surface area contributed by atoms with Gasteiger partial charge >= 0.3 is 0 Å². The van der Waals surface area contributed by atoms with Gasteiger partial charge in [-0.2, -0.15) is 0 Å². The third-order valence-electron chi connectivity index (χ3n) is 4.24. The topological polar surface area (TPSA) is 9.23 Å². The Morgan fingerprint density at radius 1 is 1.33 bits per heavy atom. The standard InChI is InChI=1S/C11H20O/c1-4-8-5-9-6-10(8)7(2)11(9)12-3/h7-11H,4-6H2,1-3H3. The molecule has 12 heavy (non-hydrogen) atoms. The highest BCUT2D eigenvalue weighted by Gasteiger charge is 2.49. The zero-order valence-corrected chi connectivity index (χ0v) is 8.42. The summed E-state index contributed by atoms with van der Waals surface area (Å²) in [6, 6.07) is 0. The number of methoxy groups -OCH3 is 1. The number of fused-ring (bicyclic) bond motifs is 2. The summed E-state index contributed by atoms with van der Waals surface area (Å²) in [5.74, 6) is 3.69. The van der Waals surface area contributed by atoms with Gasteiger partial charge in [0.25, 0.3) is 0 Å². The Kier molecular flexibility index (Phi) is 2.16. The van der Waals surface area contributed by atoms with Gasteiger partial charge in [0, 0.05) is 7.11 Å². The van der Waals surface area contributed by atoms with Crippen LogP contribution in [-0.4, -0.2) is 13.2 Å². The summed E-state index contributed by atoms with van der Waals surface area (Å²) in [4.78, 5) is 0. The van der Waals surface area contributed by atoms with E-state index in [4.69, 9.17) is 4.74 Å². The molecular formula is C11H20O. The zero-order chi connectivity index (χ0) is 8.72. The van der Waals surface area contributed by atoms with Gasteiger partial charge in [-0.3, -0.25) is 0 Å². The average Bonchev–Trinajstić information content (AvgIpc) is 2.60. The van der Waals surface area contributed by atoms with E-state index in [0.29, 0.717) is 6.10 Å². The van der Waals surface area contributed by atoms with E-state index >= 15 is 0 Å². The molecule has 2 aliphatic carbocycles. The summed E-state index contributed by atoms with van der Waals surface area (Å²) in [6.07, 6.45) is 4.84. The Balaban J connectivity index is 2.07. The van der Waals surface area contributed by atoms with Crippen LogP contribution in [0.3, 0.4) is 0 Å². The van der Waals surface area contributed by atoms with Crippen LogP contribution in [0.2, 0.25) is 0 Å². The second kappa shape index (κ2) is 3.02. The Hall–Kier alpha value is -0.0400. The first-order valence-electron chi connectivity index (χ1n) is 5.30. The molecule has 2 aliphatic rings. The highest BCUT2D eigenvalue weighted by atomic mass is 16.5. The minimum absolute atomic E-state index is 0.581. The maximum absolute atomic E-state index is 5.55. The molecule has 0 spiro atoms. The second-order valence-electron chi connectivity index (χ2n) is 4.62. The van der Waals surface area contributed by atoms with E-state index in [1.54, 1.807) is 0 Å². The van der Waals surface area contributed by atoms with Crippen molar-refractivity contribution < 1.29 is 4.74 Å². The van der Waals surface area contributed by atoms with Gasteiger partial charge in [-0.05, 0) is 36.5 Å². The van der Waals surface area contributed by atoms with Crippen molar-refractivity contribution in [2.24, 2.45) is 23.7 Å². The minimum Gasteiger partial charge on any atom is -0.381 e. The molecule has 0 aromatic heterocycles. The first-order valence-corrected chi connectivity index (χ1v) is 5.30. The highest BCUT2D eigenvalue weighted by molar-refractivity contribution is 4.99. The van der Waals surface area contributed by atoms with Crippen molar-refractivity contribution in [3.8, 4) is 0 Å². The van der Waals surface area contributed by atoms with Gasteiger partial charge in [0.1, 0.15) is 0 Å². The summed E-state index contributed by atoms with van der Waals surface area (Å²) in [5, 5.41) is 0. The molecule has 1 nitrogen and oxygen atoms in total. The molecule has 0 heterocycles. The van der Waals surface area contributed by atoms with E-state index in [1.807, 2.05) is 7.11 Å². The van der Waals surface area contributed by atoms with Crippen molar-refractivity contribution in [3.05, 3.63) is 0 Å². The predicted molar refractivity (Wildman–Crippen MR) is 50.0 cm³/mol. The number of rotatable bonds is 2. The summed E-state index contributed by atoms with van der Waals surface area (Å²) in [5.41, 5.74) is 0. The van der Waals surface area contributed by atoms with Crippen LogP contribution in [0.5, 0.6) is 0 Å². The van der Waals surface area contributed by atoms with Gasteiger partial charge in [0.15, 0.2) is 0 Å². The molecule has 70 valence electrons. The van der Waals surface area contributed by atoms with Crippen LogP contribution in [0, 0.1) is 23.7 Å². The van der Waals surface area contributed by atoms with Crippen LogP contribution in [0.4, 0.5) is 0 Å². The number of hydrogen-bond donors (Lipinski definition) is 0. The third kappa shape index (κ3) is 1.02. The monoisotopic (exact) mass is 168 g/mol. The first kappa shape index (κ1) is 8.55. The molecule has 2 rings (SSSR count). The maximum Gasteiger partial charge on any atom is 0.0627 e. The second-order valence-corrected chi connectivity index (χ2v) is 4.62. The lowest BCUT2D eigenvalue weighted by atomic mass is 9.79. The van der Waals surface area contributed by atoms with E-state index in [1.165, 1.54) is 19.3 Å². The summed E-state index contributed by atoms with van der Waals surface area (Å²) < 4.78 is 5.55. The third-order valence-corrected chi connectivity index (χ3v) is 4.24. The summed E-state index contributed by atoms with van der Waals surface area (Å²) in [6.45, 7) is 4.71. The van der Waals surface area contributed by atoms with Crippen molar-refractivity contribution in [1.29, 1.82) is 0 Å². The smallest absolute Gasteiger partial charge is 0.0627 e. The van der Waals surface area contributed by atoms with E-state index < -0.39 is 0 Å². The van der Waals surface area contributed by atoms with Crippen LogP contribution in [-0.2, 0) is 4.74 Å². The lowest BCUT2D eigenvalue weighted by Gasteiger charge is -2.32. The molecule has 2 fully saturated rings. The van der Waals surface area contributed by atoms with E-state index in [0.717, 1.165) is 23.7 Å². The van der Waals surface area contributed by atoms with Gasteiger partial charge in [-0.25, -0.2) is 0 Å². The van der Waals surface area contributed by atoms with Crippen molar-refractivity contribution in [1.82, 2.24) is 0 Å². The number of ether oxygens (including phenoxy) is 1. The van der Waals surface area contributed by atoms with E-state index in [2.05, 4.69) is 13.8 Å². The Morgan fingerprint density at radius 3 is 2.58 bits per heavy atom. The average molecular weight is 168 g/mol. The van der Waals surface area contributed by atoms with E-state index in [-0.39, 0.29) is 0 Å². The minimum atomic E-state index is 0.581. The maximum atomic E-state index is 5.55. The van der Waals surface area contributed by atoms with Gasteiger partial charge in [0.2, 0.25) is 0 Å². The molecule has 2 saturated carbocycles. The molecule has 2 bridgehead atoms. The highest BCUT2D eigenvalue weighted by Crippen LogP contribution is 2.53. The molecule has 0 aliphatic heterocycles. The quantitative estimate of drug-likeness (QED) is 0.616. The Labute approximate surface area is 75.5 Å². The molecule has 0 radical (unpaired) electrons. The van der Waals surface area contributed by atoms with Crippen molar-refractivity contribution in [2.75, 3.05) is 7.11 Å². The van der Waals surface area contributed by atoms with Crippen LogP contribution < -0.4 is 0 Å². The largest absolute Gasteiger partial charge is 0.381 e. The molecule has 0 aromatic carbocycles. The molecule has 5 unspecified atom stereocenters. The predicted octanol–water partition coefficient (Wildman–Crippen LogP) is 2.70. The normalized spacial score (nSPS) is 51.8. The summed E-state index contributed by atoms with van der Waals surface area (Å²) >= 11 is 0. The Morgan fingerprint density at radius 2 is 2.08 bits per heavy atom. The van der Waals surface area contributed by atoms with E-state index in [9.17, 15) is 0 Å². The van der Waals surface area contributed by atoms with Gasteiger partial charge < -0.3 is 4.74 Å². The fourth-order valence-electron chi connectivity index (χ4n) is 3.66. The zero-order valence-electron chi connectivity index (χ0n) is 8.42. The molecular weight excluding hydrogens is 148 g/mol. The lowest BCUT2D eigenvalue weighted by molar-refractivity contribution is 0.00553. The van der Waals surface area contributed by atoms with Crippen molar-refractivity contribution >= 4 is 0 Å². The van der Waals surface area contributed by atoms with Crippen LogP contribution in [0.1, 0.15) is 33.1 Å². The summed E-state index contributed by atoms with van der Waals surface area (Å²) in [7, 11) is 1.88. The Bertz CT molecular complexity index is 162. The number of hydrogen-bond acceptors (Lipinski definition) is 1. The molecule has 0 saturated heterocycles. The molecule has 1 heteroatoms. The molecule has 0 N–H and O–H groups in total. The van der Waals surface area contributed by atoms with Crippen molar-refractivity contribution in [3.63, 3.8) is 0 Å². The fraction of sp³-hybridized carbons (Fsp3) is 1.00. The molecule has 0 amide bonds.